The number of benzene rings is 2. The van der Waals surface area contributed by atoms with E-state index in [4.69, 9.17) is 5.73 Å². The Kier molecular flexibility index (Phi) is 6.08. The van der Waals surface area contributed by atoms with Gasteiger partial charge in [0.15, 0.2) is 22.2 Å². The molecular weight excluding hydrogens is 433 g/mol. The van der Waals surface area contributed by atoms with Crippen LogP contribution in [0.3, 0.4) is 0 Å². The Morgan fingerprint density at radius 3 is 2.62 bits per heavy atom. The quantitative estimate of drug-likeness (QED) is 0.232. The van der Waals surface area contributed by atoms with E-state index in [-0.39, 0.29) is 22.2 Å². The lowest BCUT2D eigenvalue weighted by Gasteiger charge is -2.21. The van der Waals surface area contributed by atoms with Crippen molar-refractivity contribution in [2.24, 2.45) is 4.99 Å². The van der Waals surface area contributed by atoms with E-state index >= 15 is 0 Å². The highest BCUT2D eigenvalue weighted by Gasteiger charge is 2.21. The zero-order valence-electron chi connectivity index (χ0n) is 17.0. The van der Waals surface area contributed by atoms with E-state index in [1.807, 2.05) is 6.92 Å². The highest BCUT2D eigenvalue weighted by atomic mass is 32.2. The Hall–Kier alpha value is -3.86. The van der Waals surface area contributed by atoms with Gasteiger partial charge in [-0.25, -0.2) is 32.8 Å². The summed E-state index contributed by atoms with van der Waals surface area (Å²) in [6.45, 7) is 1.95. The van der Waals surface area contributed by atoms with Gasteiger partial charge in [-0.05, 0) is 42.8 Å². The summed E-state index contributed by atoms with van der Waals surface area (Å²) in [7, 11) is -2.85. The summed E-state index contributed by atoms with van der Waals surface area (Å²) in [5.41, 5.74) is 7.77. The van der Waals surface area contributed by atoms with Crippen molar-refractivity contribution in [3.63, 3.8) is 0 Å². The van der Waals surface area contributed by atoms with Gasteiger partial charge in [-0.1, -0.05) is 19.1 Å². The highest BCUT2D eigenvalue weighted by Crippen LogP contribution is 2.27. The van der Waals surface area contributed by atoms with Crippen molar-refractivity contribution in [3.8, 4) is 0 Å². The number of nitrogens with two attached hydrogens (primary N) is 1. The number of rotatable bonds is 6. The number of halogens is 1. The lowest BCUT2D eigenvalue weighted by atomic mass is 10.1. The molecular formula is C21H20FN7O2S. The van der Waals surface area contributed by atoms with Crippen LogP contribution in [0.5, 0.6) is 0 Å². The number of amidine groups is 1. The Balaban J connectivity index is 1.87. The van der Waals surface area contributed by atoms with Crippen LogP contribution in [0.4, 0.5) is 21.6 Å². The second-order valence-electron chi connectivity index (χ2n) is 6.88. The SMILES string of the molecule is CCC(/C(=N/c1ccccc1[SH](=O)=O)Nc1ccc(F)cc1)n1cnc2c(N)ncnc21. The molecule has 1 unspecified atom stereocenters. The molecule has 0 aliphatic heterocycles. The van der Waals surface area contributed by atoms with Gasteiger partial charge in [0, 0.05) is 5.69 Å². The molecule has 0 amide bonds. The number of thiol groups is 1. The minimum atomic E-state index is -2.85. The van der Waals surface area contributed by atoms with Gasteiger partial charge in [0.05, 0.1) is 23.0 Å². The van der Waals surface area contributed by atoms with Crippen molar-refractivity contribution in [1.29, 1.82) is 0 Å². The molecule has 3 N–H and O–H groups in total. The van der Waals surface area contributed by atoms with Crippen LogP contribution in [-0.4, -0.2) is 33.8 Å². The van der Waals surface area contributed by atoms with Crippen LogP contribution in [0, 0.1) is 5.82 Å². The van der Waals surface area contributed by atoms with Crippen molar-refractivity contribution in [2.45, 2.75) is 24.3 Å². The predicted octanol–water partition coefficient (Wildman–Crippen LogP) is 3.31. The van der Waals surface area contributed by atoms with Crippen molar-refractivity contribution in [1.82, 2.24) is 19.5 Å². The first-order chi connectivity index (χ1) is 15.5. The van der Waals surface area contributed by atoms with Crippen LogP contribution in [-0.2, 0) is 10.7 Å². The van der Waals surface area contributed by atoms with Crippen LogP contribution in [0.2, 0.25) is 0 Å². The molecule has 11 heteroatoms. The van der Waals surface area contributed by atoms with E-state index in [0.29, 0.717) is 29.1 Å². The molecule has 0 bridgehead atoms. The summed E-state index contributed by atoms with van der Waals surface area (Å²) in [6, 6.07) is 11.8. The number of aromatic nitrogens is 4. The Morgan fingerprint density at radius 2 is 1.91 bits per heavy atom. The largest absolute Gasteiger partial charge is 0.382 e. The summed E-state index contributed by atoms with van der Waals surface area (Å²) in [6.07, 6.45) is 3.50. The van der Waals surface area contributed by atoms with Crippen LogP contribution >= 0.6 is 0 Å². The molecule has 164 valence electrons. The number of fused-ring (bicyclic) bond motifs is 1. The molecule has 0 radical (unpaired) electrons. The van der Waals surface area contributed by atoms with Gasteiger partial charge >= 0.3 is 0 Å². The third-order valence-electron chi connectivity index (χ3n) is 4.86. The lowest BCUT2D eigenvalue weighted by molar-refractivity contribution is 0.614. The highest BCUT2D eigenvalue weighted by molar-refractivity contribution is 7.72. The van der Waals surface area contributed by atoms with Crippen molar-refractivity contribution < 1.29 is 12.8 Å². The summed E-state index contributed by atoms with van der Waals surface area (Å²) in [4.78, 5) is 17.4. The van der Waals surface area contributed by atoms with Gasteiger partial charge in [-0.3, -0.25) is 0 Å². The molecule has 0 saturated heterocycles. The van der Waals surface area contributed by atoms with Gasteiger partial charge < -0.3 is 15.6 Å². The third kappa shape index (κ3) is 4.28. The first kappa shape index (κ1) is 21.4. The fourth-order valence-electron chi connectivity index (χ4n) is 3.33. The zero-order valence-corrected chi connectivity index (χ0v) is 17.9. The zero-order chi connectivity index (χ0) is 22.7. The van der Waals surface area contributed by atoms with Gasteiger partial charge in [0.1, 0.15) is 23.5 Å². The van der Waals surface area contributed by atoms with Crippen LogP contribution in [0.25, 0.3) is 11.2 Å². The van der Waals surface area contributed by atoms with Gasteiger partial charge in [0.2, 0.25) is 0 Å². The molecule has 0 fully saturated rings. The maximum atomic E-state index is 13.4. The van der Waals surface area contributed by atoms with Gasteiger partial charge in [-0.2, -0.15) is 0 Å². The Labute approximate surface area is 184 Å². The second-order valence-corrected chi connectivity index (χ2v) is 7.88. The molecule has 32 heavy (non-hydrogen) atoms. The van der Waals surface area contributed by atoms with Crippen LogP contribution in [0.1, 0.15) is 19.4 Å². The van der Waals surface area contributed by atoms with E-state index in [2.05, 4.69) is 25.3 Å². The lowest BCUT2D eigenvalue weighted by Crippen LogP contribution is -2.26. The van der Waals surface area contributed by atoms with E-state index in [9.17, 15) is 12.8 Å². The molecule has 2 heterocycles. The Bertz CT molecular complexity index is 1360. The minimum absolute atomic E-state index is 0.0952. The topological polar surface area (TPSA) is 128 Å². The number of para-hydroxylation sites is 1. The van der Waals surface area contributed by atoms with E-state index < -0.39 is 16.7 Å². The number of imidazole rings is 1. The van der Waals surface area contributed by atoms with Crippen molar-refractivity contribution in [3.05, 3.63) is 67.0 Å². The van der Waals surface area contributed by atoms with Crippen LogP contribution < -0.4 is 11.1 Å². The van der Waals surface area contributed by atoms with E-state index in [1.54, 1.807) is 41.2 Å². The smallest absolute Gasteiger partial charge is 0.170 e. The normalized spacial score (nSPS) is 12.9. The number of anilines is 2. The van der Waals surface area contributed by atoms with Crippen molar-refractivity contribution >= 4 is 44.9 Å². The van der Waals surface area contributed by atoms with Crippen molar-refractivity contribution in [2.75, 3.05) is 11.1 Å². The maximum Gasteiger partial charge on any atom is 0.170 e. The number of nitrogens with one attached hydrogen (secondary N) is 1. The minimum Gasteiger partial charge on any atom is -0.382 e. The summed E-state index contributed by atoms with van der Waals surface area (Å²) >= 11 is 0. The maximum absolute atomic E-state index is 13.4. The van der Waals surface area contributed by atoms with Gasteiger partial charge in [-0.15, -0.1) is 0 Å². The number of nitrogen functional groups attached to an aromatic ring is 1. The number of hydrogen-bond donors (Lipinski definition) is 3. The fraction of sp³-hybridized carbons (Fsp3) is 0.143. The third-order valence-corrected chi connectivity index (χ3v) is 5.63. The second kappa shape index (κ2) is 9.10. The fourth-order valence-corrected chi connectivity index (χ4v) is 3.85. The molecule has 0 spiro atoms. The number of nitrogens with zero attached hydrogens (tertiary/aromatic N) is 5. The van der Waals surface area contributed by atoms with E-state index in [1.165, 1.54) is 24.5 Å². The summed E-state index contributed by atoms with van der Waals surface area (Å²) in [5.74, 6) is 0.310. The average Bonchev–Trinajstić information content (AvgIpc) is 3.21. The predicted molar refractivity (Wildman–Crippen MR) is 121 cm³/mol. The molecule has 0 saturated carbocycles. The molecule has 2 aromatic heterocycles. The van der Waals surface area contributed by atoms with Gasteiger partial charge in [0.25, 0.3) is 0 Å². The standard InChI is InChI=1S/C21H20FN7O2S/c1-2-16(29-12-26-18-19(23)24-11-25-21(18)29)20(27-14-9-7-13(22)8-10-14)28-15-5-3-4-6-17(15)32(30)31/h3-12,16,32H,2H2,1H3,(H,27,28)(H2,23,24,25). The molecule has 4 aromatic rings. The van der Waals surface area contributed by atoms with Crippen LogP contribution in [0.15, 0.2) is 71.1 Å². The molecule has 4 rings (SSSR count). The molecule has 0 aliphatic rings. The average molecular weight is 454 g/mol. The molecule has 9 nitrogen and oxygen atoms in total. The number of hydrogen-bond acceptors (Lipinski definition) is 7. The number of aliphatic imine (C=N–C) groups is 1. The summed E-state index contributed by atoms with van der Waals surface area (Å²) < 4.78 is 38.7. The van der Waals surface area contributed by atoms with E-state index in [0.717, 1.165) is 0 Å². The monoisotopic (exact) mass is 453 g/mol. The summed E-state index contributed by atoms with van der Waals surface area (Å²) in [5, 5.41) is 3.20. The first-order valence-corrected chi connectivity index (χ1v) is 10.9. The molecule has 2 aromatic carbocycles. The first-order valence-electron chi connectivity index (χ1n) is 9.75. The Morgan fingerprint density at radius 1 is 1.16 bits per heavy atom. The molecule has 1 atom stereocenters. The molecule has 0 aliphatic carbocycles.